The zero-order valence-corrected chi connectivity index (χ0v) is 9.46. The monoisotopic (exact) mass is 228 g/mol. The van der Waals surface area contributed by atoms with Crippen LogP contribution >= 0.6 is 0 Å². The molecule has 17 heavy (non-hydrogen) atoms. The largest absolute Gasteiger partial charge is 0.495 e. The number of aromatic nitrogens is 2. The molecule has 0 fully saturated rings. The minimum Gasteiger partial charge on any atom is -0.495 e. The topological polar surface area (TPSA) is 52.1 Å². The van der Waals surface area contributed by atoms with E-state index in [2.05, 4.69) is 9.97 Å². The predicted octanol–water partition coefficient (Wildman–Crippen LogP) is 1.91. The lowest BCUT2D eigenvalue weighted by Gasteiger charge is -2.03. The van der Waals surface area contributed by atoms with Gasteiger partial charge in [0.05, 0.1) is 13.3 Å². The average molecular weight is 228 g/mol. The maximum atomic E-state index is 12.0. The molecule has 4 heteroatoms. The van der Waals surface area contributed by atoms with Crippen molar-refractivity contribution in [3.05, 3.63) is 54.1 Å². The van der Waals surface area contributed by atoms with E-state index in [1.54, 1.807) is 38.0 Å². The second-order valence-corrected chi connectivity index (χ2v) is 3.57. The van der Waals surface area contributed by atoms with Crippen LogP contribution in [0.15, 0.2) is 43.0 Å². The summed E-state index contributed by atoms with van der Waals surface area (Å²) in [7, 11) is 1.55. The van der Waals surface area contributed by atoms with Gasteiger partial charge in [0.1, 0.15) is 5.75 Å². The minimum atomic E-state index is 0.0163. The number of Topliss-reactive ketones (excluding diaryl/α,β-unsaturated/α-hetero) is 1. The third-order valence-electron chi connectivity index (χ3n) is 2.38. The van der Waals surface area contributed by atoms with E-state index in [-0.39, 0.29) is 5.78 Å². The van der Waals surface area contributed by atoms with Crippen LogP contribution in [0.1, 0.15) is 15.9 Å². The highest BCUT2D eigenvalue weighted by Crippen LogP contribution is 2.12. The Morgan fingerprint density at radius 3 is 2.71 bits per heavy atom. The molecule has 0 aliphatic rings. The van der Waals surface area contributed by atoms with Gasteiger partial charge in [0.2, 0.25) is 0 Å². The van der Waals surface area contributed by atoms with Gasteiger partial charge in [-0.1, -0.05) is 0 Å². The molecule has 0 aliphatic heterocycles. The lowest BCUT2D eigenvalue weighted by atomic mass is 10.1. The summed E-state index contributed by atoms with van der Waals surface area (Å²) < 4.78 is 5.03. The molecule has 2 aromatic rings. The molecule has 2 aromatic heterocycles. The van der Waals surface area contributed by atoms with Gasteiger partial charge in [-0.25, -0.2) is 0 Å². The molecule has 0 aliphatic carbocycles. The fourth-order valence-electron chi connectivity index (χ4n) is 1.47. The first-order chi connectivity index (χ1) is 8.29. The van der Waals surface area contributed by atoms with Gasteiger partial charge in [-0.05, 0) is 23.8 Å². The highest BCUT2D eigenvalue weighted by Gasteiger charge is 2.08. The second-order valence-electron chi connectivity index (χ2n) is 3.57. The molecule has 0 atom stereocenters. The van der Waals surface area contributed by atoms with Crippen molar-refractivity contribution >= 4 is 5.78 Å². The Labute approximate surface area is 99.3 Å². The van der Waals surface area contributed by atoms with Crippen LogP contribution in [0.3, 0.4) is 0 Å². The number of nitrogens with zero attached hydrogens (tertiary/aromatic N) is 2. The molecular formula is C13H12N2O2. The Morgan fingerprint density at radius 2 is 2.00 bits per heavy atom. The highest BCUT2D eigenvalue weighted by molar-refractivity contribution is 5.97. The Balaban J connectivity index is 2.14. The van der Waals surface area contributed by atoms with Crippen LogP contribution in [0.5, 0.6) is 5.75 Å². The Bertz CT molecular complexity index is 512. The molecule has 0 N–H and O–H groups in total. The summed E-state index contributed by atoms with van der Waals surface area (Å²) in [5.74, 6) is 0.605. The number of pyridine rings is 2. The molecule has 0 radical (unpaired) electrons. The van der Waals surface area contributed by atoms with Crippen molar-refractivity contribution < 1.29 is 9.53 Å². The van der Waals surface area contributed by atoms with Gasteiger partial charge < -0.3 is 4.74 Å². The van der Waals surface area contributed by atoms with E-state index in [9.17, 15) is 4.79 Å². The predicted molar refractivity (Wildman–Crippen MR) is 63.1 cm³/mol. The lowest BCUT2D eigenvalue weighted by Crippen LogP contribution is -2.04. The average Bonchev–Trinajstić information content (AvgIpc) is 2.40. The molecule has 4 nitrogen and oxygen atoms in total. The van der Waals surface area contributed by atoms with Crippen LogP contribution in [0.25, 0.3) is 0 Å². The first-order valence-electron chi connectivity index (χ1n) is 5.21. The SMILES string of the molecule is COc1cncc(C(=O)Cc2ccncc2)c1. The minimum absolute atomic E-state index is 0.0163. The Morgan fingerprint density at radius 1 is 1.24 bits per heavy atom. The van der Waals surface area contributed by atoms with Gasteiger partial charge in [-0.3, -0.25) is 14.8 Å². The number of carbonyl (C=O) groups excluding carboxylic acids is 1. The number of hydrogen-bond donors (Lipinski definition) is 0. The Hall–Kier alpha value is -2.23. The molecule has 0 saturated heterocycles. The molecule has 2 rings (SSSR count). The van der Waals surface area contributed by atoms with E-state index < -0.39 is 0 Å². The van der Waals surface area contributed by atoms with Crippen LogP contribution in [-0.4, -0.2) is 22.9 Å². The van der Waals surface area contributed by atoms with E-state index >= 15 is 0 Å². The van der Waals surface area contributed by atoms with E-state index in [4.69, 9.17) is 4.74 Å². The summed E-state index contributed by atoms with van der Waals surface area (Å²) in [6, 6.07) is 5.34. The Kier molecular flexibility index (Phi) is 3.45. The van der Waals surface area contributed by atoms with Crippen LogP contribution in [0.4, 0.5) is 0 Å². The number of ketones is 1. The van der Waals surface area contributed by atoms with E-state index in [0.29, 0.717) is 17.7 Å². The van der Waals surface area contributed by atoms with Gasteiger partial charge in [0.15, 0.2) is 5.78 Å². The number of ether oxygens (including phenoxy) is 1. The zero-order valence-electron chi connectivity index (χ0n) is 9.46. The van der Waals surface area contributed by atoms with Crippen LogP contribution < -0.4 is 4.74 Å². The molecule has 0 unspecified atom stereocenters. The van der Waals surface area contributed by atoms with Crippen molar-refractivity contribution in [2.75, 3.05) is 7.11 Å². The first-order valence-corrected chi connectivity index (χ1v) is 5.21. The molecule has 0 saturated carbocycles. The van der Waals surface area contributed by atoms with Gasteiger partial charge >= 0.3 is 0 Å². The fraction of sp³-hybridized carbons (Fsp3) is 0.154. The fourth-order valence-corrected chi connectivity index (χ4v) is 1.47. The zero-order chi connectivity index (χ0) is 12.1. The molecule has 0 spiro atoms. The molecule has 0 amide bonds. The van der Waals surface area contributed by atoms with E-state index in [0.717, 1.165) is 5.56 Å². The third-order valence-corrected chi connectivity index (χ3v) is 2.38. The molecule has 2 heterocycles. The van der Waals surface area contributed by atoms with Gasteiger partial charge in [-0.2, -0.15) is 0 Å². The number of methoxy groups -OCH3 is 1. The molecular weight excluding hydrogens is 216 g/mol. The summed E-state index contributed by atoms with van der Waals surface area (Å²) >= 11 is 0. The molecule has 0 bridgehead atoms. The summed E-state index contributed by atoms with van der Waals surface area (Å²) in [4.78, 5) is 19.8. The third kappa shape index (κ3) is 2.87. The maximum Gasteiger partial charge on any atom is 0.168 e. The second kappa shape index (κ2) is 5.21. The van der Waals surface area contributed by atoms with Crippen molar-refractivity contribution in [2.24, 2.45) is 0 Å². The van der Waals surface area contributed by atoms with Crippen molar-refractivity contribution in [2.45, 2.75) is 6.42 Å². The van der Waals surface area contributed by atoms with Crippen molar-refractivity contribution in [1.29, 1.82) is 0 Å². The highest BCUT2D eigenvalue weighted by atomic mass is 16.5. The van der Waals surface area contributed by atoms with Crippen LogP contribution in [-0.2, 0) is 6.42 Å². The van der Waals surface area contributed by atoms with E-state index in [1.807, 2.05) is 12.1 Å². The van der Waals surface area contributed by atoms with Crippen molar-refractivity contribution in [3.8, 4) is 5.75 Å². The number of rotatable bonds is 4. The van der Waals surface area contributed by atoms with E-state index in [1.165, 1.54) is 0 Å². The summed E-state index contributed by atoms with van der Waals surface area (Å²) in [5.41, 5.74) is 1.49. The van der Waals surface area contributed by atoms with Crippen LogP contribution in [0.2, 0.25) is 0 Å². The number of carbonyl (C=O) groups is 1. The molecule has 86 valence electrons. The summed E-state index contributed by atoms with van der Waals surface area (Å²) in [5, 5.41) is 0. The maximum absolute atomic E-state index is 12.0. The normalized spacial score (nSPS) is 9.94. The van der Waals surface area contributed by atoms with Crippen molar-refractivity contribution in [1.82, 2.24) is 9.97 Å². The standard InChI is InChI=1S/C13H12N2O2/c1-17-12-7-11(8-15-9-12)13(16)6-10-2-4-14-5-3-10/h2-5,7-9H,6H2,1H3. The number of hydrogen-bond acceptors (Lipinski definition) is 4. The lowest BCUT2D eigenvalue weighted by molar-refractivity contribution is 0.0992. The summed E-state index contributed by atoms with van der Waals surface area (Å²) in [6.07, 6.45) is 6.81. The van der Waals surface area contributed by atoms with Crippen molar-refractivity contribution in [3.63, 3.8) is 0 Å². The quantitative estimate of drug-likeness (QED) is 0.750. The van der Waals surface area contributed by atoms with Gasteiger partial charge in [0, 0.05) is 30.6 Å². The first kappa shape index (κ1) is 11.3. The van der Waals surface area contributed by atoms with Crippen LogP contribution in [0, 0.1) is 0 Å². The molecule has 0 aromatic carbocycles. The smallest absolute Gasteiger partial charge is 0.168 e. The summed E-state index contributed by atoms with van der Waals surface area (Å²) in [6.45, 7) is 0. The van der Waals surface area contributed by atoms with Gasteiger partial charge in [0.25, 0.3) is 0 Å². The van der Waals surface area contributed by atoms with Gasteiger partial charge in [-0.15, -0.1) is 0 Å².